The van der Waals surface area contributed by atoms with E-state index in [9.17, 15) is 9.59 Å². The van der Waals surface area contributed by atoms with E-state index in [1.807, 2.05) is 6.07 Å². The van der Waals surface area contributed by atoms with Gasteiger partial charge in [-0.05, 0) is 24.3 Å². The van der Waals surface area contributed by atoms with Crippen LogP contribution in [0.4, 0.5) is 5.69 Å². The zero-order chi connectivity index (χ0) is 15.2. The van der Waals surface area contributed by atoms with Crippen molar-refractivity contribution < 1.29 is 9.59 Å². The molecule has 0 saturated heterocycles. The Balaban J connectivity index is 2.27. The molecule has 0 saturated carbocycles. The Labute approximate surface area is 136 Å². The topological polar surface area (TPSA) is 46.2 Å². The molecular formula is C16H13BrClNO2. The Morgan fingerprint density at radius 2 is 1.86 bits per heavy atom. The minimum absolute atomic E-state index is 0.0139. The molecule has 0 aliphatic rings. The standard InChI is InChI=1S/C16H13BrClNO2/c17-9-13(20)10-19-15-7-2-1-6-14(15)16(21)11-4-3-5-12(18)8-11/h1-8,19H,9-10H2. The number of carbonyl (C=O) groups is 2. The molecule has 1 N–H and O–H groups in total. The van der Waals surface area contributed by atoms with Crippen molar-refractivity contribution in [3.63, 3.8) is 0 Å². The van der Waals surface area contributed by atoms with Gasteiger partial charge in [0.05, 0.1) is 11.9 Å². The summed E-state index contributed by atoms with van der Waals surface area (Å²) < 4.78 is 0. The predicted octanol–water partition coefficient (Wildman–Crippen LogP) is 3.95. The van der Waals surface area contributed by atoms with Crippen LogP contribution < -0.4 is 5.32 Å². The normalized spacial score (nSPS) is 10.2. The van der Waals surface area contributed by atoms with E-state index in [-0.39, 0.29) is 23.4 Å². The predicted molar refractivity (Wildman–Crippen MR) is 88.6 cm³/mol. The Hall–Kier alpha value is -1.65. The van der Waals surface area contributed by atoms with Gasteiger partial charge in [-0.3, -0.25) is 9.59 Å². The van der Waals surface area contributed by atoms with E-state index < -0.39 is 0 Å². The van der Waals surface area contributed by atoms with Crippen LogP contribution in [-0.4, -0.2) is 23.4 Å². The molecule has 0 heterocycles. The Kier molecular flexibility index (Phi) is 5.53. The molecule has 0 spiro atoms. The van der Waals surface area contributed by atoms with Crippen LogP contribution in [0.5, 0.6) is 0 Å². The number of nitrogens with one attached hydrogen (secondary N) is 1. The number of hydrogen-bond donors (Lipinski definition) is 1. The van der Waals surface area contributed by atoms with Crippen molar-refractivity contribution in [3.05, 3.63) is 64.7 Å². The molecule has 0 atom stereocenters. The molecule has 0 bridgehead atoms. The molecule has 0 amide bonds. The largest absolute Gasteiger partial charge is 0.377 e. The monoisotopic (exact) mass is 365 g/mol. The number of para-hydroxylation sites is 1. The summed E-state index contributed by atoms with van der Waals surface area (Å²) in [4.78, 5) is 23.9. The first-order valence-corrected chi connectivity index (χ1v) is 7.82. The number of Topliss-reactive ketones (excluding diaryl/α,β-unsaturated/α-hetero) is 1. The van der Waals surface area contributed by atoms with Crippen molar-refractivity contribution in [2.45, 2.75) is 0 Å². The van der Waals surface area contributed by atoms with Crippen molar-refractivity contribution in [2.75, 3.05) is 17.2 Å². The minimum Gasteiger partial charge on any atom is -0.377 e. The van der Waals surface area contributed by atoms with Crippen molar-refractivity contribution in [2.24, 2.45) is 0 Å². The summed E-state index contributed by atoms with van der Waals surface area (Å²) >= 11 is 9.03. The highest BCUT2D eigenvalue weighted by atomic mass is 79.9. The lowest BCUT2D eigenvalue weighted by atomic mass is 10.0. The second kappa shape index (κ2) is 7.38. The average Bonchev–Trinajstić information content (AvgIpc) is 2.52. The number of rotatable bonds is 6. The van der Waals surface area contributed by atoms with Crippen LogP contribution in [0.25, 0.3) is 0 Å². The van der Waals surface area contributed by atoms with Crippen molar-refractivity contribution in [1.29, 1.82) is 0 Å². The zero-order valence-electron chi connectivity index (χ0n) is 11.1. The minimum atomic E-state index is -0.133. The molecule has 21 heavy (non-hydrogen) atoms. The van der Waals surface area contributed by atoms with E-state index in [1.54, 1.807) is 42.5 Å². The van der Waals surface area contributed by atoms with E-state index in [2.05, 4.69) is 21.2 Å². The lowest BCUT2D eigenvalue weighted by molar-refractivity contribution is -0.114. The third kappa shape index (κ3) is 4.16. The number of alkyl halides is 1. The quantitative estimate of drug-likeness (QED) is 0.622. The second-order valence-corrected chi connectivity index (χ2v) is 5.41. The van der Waals surface area contributed by atoms with E-state index in [0.717, 1.165) is 0 Å². The summed E-state index contributed by atoms with van der Waals surface area (Å²) in [6, 6.07) is 13.9. The Morgan fingerprint density at radius 1 is 1.10 bits per heavy atom. The summed E-state index contributed by atoms with van der Waals surface area (Å²) in [5.74, 6) is -0.119. The third-order valence-electron chi connectivity index (χ3n) is 2.88. The SMILES string of the molecule is O=C(CBr)CNc1ccccc1C(=O)c1cccc(Cl)c1. The number of ketones is 2. The molecule has 2 aromatic rings. The fraction of sp³-hybridized carbons (Fsp3) is 0.125. The van der Waals surface area contributed by atoms with Crippen LogP contribution >= 0.6 is 27.5 Å². The maximum Gasteiger partial charge on any atom is 0.195 e. The maximum absolute atomic E-state index is 12.5. The number of halogens is 2. The van der Waals surface area contributed by atoms with Crippen molar-refractivity contribution in [1.82, 2.24) is 0 Å². The van der Waals surface area contributed by atoms with Crippen LogP contribution in [0.15, 0.2) is 48.5 Å². The van der Waals surface area contributed by atoms with Gasteiger partial charge in [-0.1, -0.05) is 51.8 Å². The lowest BCUT2D eigenvalue weighted by Crippen LogP contribution is -2.16. The summed E-state index contributed by atoms with van der Waals surface area (Å²) in [6.07, 6.45) is 0. The molecule has 3 nitrogen and oxygen atoms in total. The molecule has 108 valence electrons. The van der Waals surface area contributed by atoms with E-state index in [4.69, 9.17) is 11.6 Å². The highest BCUT2D eigenvalue weighted by Gasteiger charge is 2.14. The highest BCUT2D eigenvalue weighted by molar-refractivity contribution is 9.09. The van der Waals surface area contributed by atoms with Crippen molar-refractivity contribution >= 4 is 44.8 Å². The molecule has 0 aromatic heterocycles. The highest BCUT2D eigenvalue weighted by Crippen LogP contribution is 2.21. The van der Waals surface area contributed by atoms with E-state index in [1.165, 1.54) is 0 Å². The third-order valence-corrected chi connectivity index (χ3v) is 3.74. The van der Waals surface area contributed by atoms with Crippen LogP contribution in [0, 0.1) is 0 Å². The molecule has 0 radical (unpaired) electrons. The Bertz CT molecular complexity index is 673. The molecule has 0 fully saturated rings. The smallest absolute Gasteiger partial charge is 0.195 e. The van der Waals surface area contributed by atoms with Gasteiger partial charge in [0.25, 0.3) is 0 Å². The first-order chi connectivity index (χ1) is 10.1. The van der Waals surface area contributed by atoms with Gasteiger partial charge in [0, 0.05) is 21.8 Å². The molecule has 5 heteroatoms. The summed E-state index contributed by atoms with van der Waals surface area (Å²) in [6.45, 7) is 0.172. The number of anilines is 1. The van der Waals surface area contributed by atoms with Crippen LogP contribution in [0.1, 0.15) is 15.9 Å². The summed E-state index contributed by atoms with van der Waals surface area (Å²) in [5, 5.41) is 3.79. The first-order valence-electron chi connectivity index (χ1n) is 6.32. The van der Waals surface area contributed by atoms with Gasteiger partial charge in [-0.25, -0.2) is 0 Å². The number of benzene rings is 2. The lowest BCUT2D eigenvalue weighted by Gasteiger charge is -2.10. The van der Waals surface area contributed by atoms with Gasteiger partial charge in [0.1, 0.15) is 0 Å². The van der Waals surface area contributed by atoms with E-state index in [0.29, 0.717) is 21.8 Å². The molecular weight excluding hydrogens is 354 g/mol. The van der Waals surface area contributed by atoms with E-state index >= 15 is 0 Å². The zero-order valence-corrected chi connectivity index (χ0v) is 13.4. The van der Waals surface area contributed by atoms with Gasteiger partial charge in [-0.15, -0.1) is 0 Å². The first kappa shape index (κ1) is 15.7. The number of carbonyl (C=O) groups excluding carboxylic acids is 2. The molecule has 2 rings (SSSR count). The van der Waals surface area contributed by atoms with Crippen LogP contribution in [0.3, 0.4) is 0 Å². The fourth-order valence-corrected chi connectivity index (χ4v) is 2.25. The van der Waals surface area contributed by atoms with Gasteiger partial charge in [0.2, 0.25) is 0 Å². The molecule has 0 aliphatic heterocycles. The molecule has 2 aromatic carbocycles. The fourth-order valence-electron chi connectivity index (χ4n) is 1.86. The van der Waals surface area contributed by atoms with Gasteiger partial charge >= 0.3 is 0 Å². The van der Waals surface area contributed by atoms with Crippen LogP contribution in [0.2, 0.25) is 5.02 Å². The molecule has 0 unspecified atom stereocenters. The second-order valence-electron chi connectivity index (χ2n) is 4.41. The average molecular weight is 367 g/mol. The molecule has 0 aliphatic carbocycles. The Morgan fingerprint density at radius 3 is 2.57 bits per heavy atom. The van der Waals surface area contributed by atoms with Crippen molar-refractivity contribution in [3.8, 4) is 0 Å². The van der Waals surface area contributed by atoms with Crippen LogP contribution in [-0.2, 0) is 4.79 Å². The maximum atomic E-state index is 12.5. The number of hydrogen-bond acceptors (Lipinski definition) is 3. The van der Waals surface area contributed by atoms with Gasteiger partial charge in [0.15, 0.2) is 11.6 Å². The van der Waals surface area contributed by atoms with Gasteiger partial charge in [-0.2, -0.15) is 0 Å². The summed E-state index contributed by atoms with van der Waals surface area (Å²) in [5.41, 5.74) is 1.67. The summed E-state index contributed by atoms with van der Waals surface area (Å²) in [7, 11) is 0. The van der Waals surface area contributed by atoms with Gasteiger partial charge < -0.3 is 5.32 Å².